The first-order valence-corrected chi connectivity index (χ1v) is 8.44. The van der Waals surface area contributed by atoms with Crippen LogP contribution in [0.15, 0.2) is 6.20 Å². The fraction of sp³-hybridized carbons (Fsp3) is 0.667. The third-order valence-corrected chi connectivity index (χ3v) is 4.78. The number of anilines is 1. The Labute approximate surface area is 139 Å². The summed E-state index contributed by atoms with van der Waals surface area (Å²) in [5, 5.41) is 5.46. The Bertz CT molecular complexity index is 686. The van der Waals surface area contributed by atoms with Crippen LogP contribution in [0.5, 0.6) is 0 Å². The Morgan fingerprint density at radius 3 is 2.78 bits per heavy atom. The zero-order valence-corrected chi connectivity index (χ0v) is 14.9. The monoisotopic (exact) mass is 338 g/mol. The first kappa shape index (κ1) is 16.2. The number of aromatic nitrogens is 3. The smallest absolute Gasteiger partial charge is 0.336 e. The van der Waals surface area contributed by atoms with E-state index in [1.165, 1.54) is 18.4 Å². The van der Waals surface area contributed by atoms with E-state index in [4.69, 9.17) is 9.47 Å². The molecule has 0 saturated carbocycles. The van der Waals surface area contributed by atoms with Gasteiger partial charge in [-0.25, -0.2) is 14.3 Å². The van der Waals surface area contributed by atoms with Crippen molar-refractivity contribution in [1.29, 1.82) is 0 Å². The van der Waals surface area contributed by atoms with Gasteiger partial charge in [-0.1, -0.05) is 32.1 Å². The van der Waals surface area contributed by atoms with Crippen molar-refractivity contribution >= 4 is 27.4 Å². The Hall–Kier alpha value is -1.67. The lowest BCUT2D eigenvalue weighted by Crippen LogP contribution is -2.50. The van der Waals surface area contributed by atoms with Crippen molar-refractivity contribution in [3.8, 4) is 0 Å². The van der Waals surface area contributed by atoms with Crippen LogP contribution in [0.3, 0.4) is 0 Å². The van der Waals surface area contributed by atoms with E-state index in [0.29, 0.717) is 13.1 Å². The van der Waals surface area contributed by atoms with Gasteiger partial charge in [0, 0.05) is 12.0 Å². The predicted molar refractivity (Wildman–Crippen MR) is 88.1 cm³/mol. The number of ether oxygens (including phenoxy) is 2. The lowest BCUT2D eigenvalue weighted by atomic mass is 9.93. The number of carbonyl (C=O) groups is 1. The summed E-state index contributed by atoms with van der Waals surface area (Å²) in [5.41, 5.74) is 1.02. The van der Waals surface area contributed by atoms with Crippen molar-refractivity contribution in [3.63, 3.8) is 0 Å². The van der Waals surface area contributed by atoms with Crippen LogP contribution < -0.4 is 4.90 Å². The third kappa shape index (κ3) is 3.18. The van der Waals surface area contributed by atoms with Gasteiger partial charge in [0.25, 0.3) is 0 Å². The summed E-state index contributed by atoms with van der Waals surface area (Å²) in [6, 6.07) is 0. The van der Waals surface area contributed by atoms with Crippen molar-refractivity contribution in [2.24, 2.45) is 0 Å². The summed E-state index contributed by atoms with van der Waals surface area (Å²) in [5.74, 6) is -0.349. The van der Waals surface area contributed by atoms with Crippen molar-refractivity contribution < 1.29 is 14.3 Å². The van der Waals surface area contributed by atoms with Gasteiger partial charge in [-0.05, 0) is 6.92 Å². The van der Waals surface area contributed by atoms with Gasteiger partial charge in [0.15, 0.2) is 6.10 Å². The molecule has 0 radical (unpaired) electrons. The highest BCUT2D eigenvalue weighted by Gasteiger charge is 2.33. The molecule has 2 aromatic heterocycles. The number of esters is 1. The molecule has 0 N–H and O–H groups in total. The second kappa shape index (κ2) is 5.76. The van der Waals surface area contributed by atoms with E-state index < -0.39 is 6.10 Å². The minimum absolute atomic E-state index is 0.00294. The van der Waals surface area contributed by atoms with Crippen molar-refractivity contribution in [3.05, 3.63) is 11.9 Å². The quantitative estimate of drug-likeness (QED) is 0.779. The molecule has 0 spiro atoms. The van der Waals surface area contributed by atoms with E-state index in [1.807, 2.05) is 17.6 Å². The molecule has 7 nitrogen and oxygen atoms in total. The topological polar surface area (TPSA) is 69.0 Å². The molecule has 0 aliphatic carbocycles. The molecule has 3 heterocycles. The minimum Gasteiger partial charge on any atom is -0.467 e. The molecule has 1 aliphatic rings. The summed E-state index contributed by atoms with van der Waals surface area (Å²) in [6.07, 6.45) is 1.33. The average molecular weight is 338 g/mol. The summed E-state index contributed by atoms with van der Waals surface area (Å²) in [6.45, 7) is 9.47. The van der Waals surface area contributed by atoms with Gasteiger partial charge in [-0.3, -0.25) is 0 Å². The molecule has 3 rings (SSSR count). The first-order valence-electron chi connectivity index (χ1n) is 7.63. The van der Waals surface area contributed by atoms with Crippen LogP contribution in [0.25, 0.3) is 4.96 Å². The fourth-order valence-corrected chi connectivity index (χ4v) is 3.45. The van der Waals surface area contributed by atoms with Crippen molar-refractivity contribution in [2.45, 2.75) is 45.3 Å². The molecular weight excluding hydrogens is 316 g/mol. The molecule has 0 amide bonds. The molecular formula is C15H22N4O3S. The van der Waals surface area contributed by atoms with Gasteiger partial charge >= 0.3 is 5.97 Å². The Morgan fingerprint density at radius 2 is 2.17 bits per heavy atom. The number of nitrogens with zero attached hydrogens (tertiary/aromatic N) is 4. The average Bonchev–Trinajstić information content (AvgIpc) is 3.03. The molecule has 1 aliphatic heterocycles. The van der Waals surface area contributed by atoms with Crippen LogP contribution >= 0.6 is 11.3 Å². The predicted octanol–water partition coefficient (Wildman–Crippen LogP) is 1.85. The summed E-state index contributed by atoms with van der Waals surface area (Å²) in [7, 11) is 1.38. The Morgan fingerprint density at radius 1 is 1.43 bits per heavy atom. The number of morpholine rings is 1. The van der Waals surface area contributed by atoms with E-state index in [1.54, 1.807) is 0 Å². The van der Waals surface area contributed by atoms with E-state index in [0.717, 1.165) is 15.8 Å². The maximum atomic E-state index is 11.8. The number of methoxy groups -OCH3 is 1. The Balaban J connectivity index is 1.84. The number of hydrogen-bond donors (Lipinski definition) is 0. The molecule has 0 bridgehead atoms. The third-order valence-electron chi connectivity index (χ3n) is 3.80. The lowest BCUT2D eigenvalue weighted by Gasteiger charge is -2.34. The van der Waals surface area contributed by atoms with Crippen LogP contribution in [0.2, 0.25) is 0 Å². The first-order chi connectivity index (χ1) is 10.8. The lowest BCUT2D eigenvalue weighted by molar-refractivity contribution is -0.158. The molecule has 1 fully saturated rings. The molecule has 2 atom stereocenters. The van der Waals surface area contributed by atoms with Crippen LogP contribution in [0.4, 0.5) is 5.13 Å². The summed E-state index contributed by atoms with van der Waals surface area (Å²) >= 11 is 1.52. The fourth-order valence-electron chi connectivity index (χ4n) is 2.55. The zero-order chi connectivity index (χ0) is 16.8. The van der Waals surface area contributed by atoms with E-state index in [9.17, 15) is 4.79 Å². The summed E-state index contributed by atoms with van der Waals surface area (Å²) in [4.78, 5) is 19.3. The van der Waals surface area contributed by atoms with E-state index >= 15 is 0 Å². The van der Waals surface area contributed by atoms with Crippen LogP contribution in [-0.4, -0.2) is 53.0 Å². The highest BCUT2D eigenvalue weighted by molar-refractivity contribution is 7.20. The highest BCUT2D eigenvalue weighted by atomic mass is 32.1. The van der Waals surface area contributed by atoms with Gasteiger partial charge in [-0.2, -0.15) is 0 Å². The van der Waals surface area contributed by atoms with E-state index in [-0.39, 0.29) is 17.5 Å². The van der Waals surface area contributed by atoms with Crippen molar-refractivity contribution in [2.75, 3.05) is 25.1 Å². The van der Waals surface area contributed by atoms with Gasteiger partial charge in [-0.15, -0.1) is 5.10 Å². The number of hydrogen-bond acceptors (Lipinski definition) is 7. The second-order valence-electron chi connectivity index (χ2n) is 6.85. The van der Waals surface area contributed by atoms with Crippen LogP contribution in [0.1, 0.15) is 33.4 Å². The van der Waals surface area contributed by atoms with Gasteiger partial charge in [0.05, 0.1) is 31.6 Å². The molecule has 126 valence electrons. The standard InChI is InChI=1S/C15H22N4O3S/c1-9-6-18(7-10(22-9)12(20)21-5)14-17-19-8-11(15(2,3)4)16-13(19)23-14/h8-10H,6-7H2,1-5H3/t9-,10?/m1/s1. The number of carbonyl (C=O) groups excluding carboxylic acids is 1. The number of fused-ring (bicyclic) bond motifs is 1. The van der Waals surface area contributed by atoms with Crippen molar-refractivity contribution in [1.82, 2.24) is 14.6 Å². The number of rotatable bonds is 2. The largest absolute Gasteiger partial charge is 0.467 e. The normalized spacial score (nSPS) is 22.6. The summed E-state index contributed by atoms with van der Waals surface area (Å²) < 4.78 is 12.3. The molecule has 0 aromatic carbocycles. The van der Waals surface area contributed by atoms with Gasteiger partial charge in [0.2, 0.25) is 10.1 Å². The molecule has 8 heteroatoms. The maximum Gasteiger partial charge on any atom is 0.336 e. The Kier molecular flexibility index (Phi) is 4.05. The highest BCUT2D eigenvalue weighted by Crippen LogP contribution is 2.29. The molecule has 1 unspecified atom stereocenters. The molecule has 1 saturated heterocycles. The zero-order valence-electron chi connectivity index (χ0n) is 14.1. The molecule has 2 aromatic rings. The second-order valence-corrected chi connectivity index (χ2v) is 7.79. The molecule has 23 heavy (non-hydrogen) atoms. The number of imidazole rings is 1. The maximum absolute atomic E-state index is 11.8. The minimum atomic E-state index is -0.579. The van der Waals surface area contributed by atoms with Crippen LogP contribution in [0, 0.1) is 0 Å². The van der Waals surface area contributed by atoms with Crippen LogP contribution in [-0.2, 0) is 19.7 Å². The van der Waals surface area contributed by atoms with E-state index in [2.05, 4.69) is 35.8 Å². The van der Waals surface area contributed by atoms with Gasteiger partial charge < -0.3 is 14.4 Å². The van der Waals surface area contributed by atoms with Gasteiger partial charge in [0.1, 0.15) is 0 Å². The SMILES string of the molecule is COC(=O)C1CN(c2nn3cc(C(C)(C)C)nc3s2)C[C@@H](C)O1.